The largest absolute Gasteiger partial charge is 0.393 e. The number of hydrogen-bond acceptors (Lipinski definition) is 6. The molecule has 1 fully saturated rings. The average Bonchev–Trinajstić information content (AvgIpc) is 3.28. The summed E-state index contributed by atoms with van der Waals surface area (Å²) in [4.78, 5) is 3.66. The molecular weight excluding hydrogens is 463 g/mol. The first-order valence-corrected chi connectivity index (χ1v) is 13.6. The maximum Gasteiger partial charge on any atom is 0.393 e. The second-order valence-electron chi connectivity index (χ2n) is 8.97. The van der Waals surface area contributed by atoms with E-state index < -0.39 is 28.0 Å². The van der Waals surface area contributed by atoms with Crippen molar-refractivity contribution < 1.29 is 26.3 Å². The maximum absolute atomic E-state index is 12.9. The summed E-state index contributed by atoms with van der Waals surface area (Å²) in [6.45, 7) is 4.44. The molecule has 0 aromatic carbocycles. The normalized spacial score (nSPS) is 24.7. The van der Waals surface area contributed by atoms with Gasteiger partial charge in [-0.15, -0.1) is 11.3 Å². The van der Waals surface area contributed by atoms with Crippen LogP contribution in [0.2, 0.25) is 0 Å². The number of alkyl halides is 3. The molecular formula is C21H28F3N3O3S2. The summed E-state index contributed by atoms with van der Waals surface area (Å²) in [6, 6.07) is 1.90. The number of rotatable bonds is 6. The van der Waals surface area contributed by atoms with E-state index in [1.54, 1.807) is 16.9 Å². The topological polar surface area (TPSA) is 64.4 Å². The molecule has 2 aliphatic rings. The number of aryl methyl sites for hydroxylation is 1. The number of piperidine rings is 1. The van der Waals surface area contributed by atoms with Gasteiger partial charge in [-0.25, -0.2) is 8.42 Å². The molecule has 0 unspecified atom stereocenters. The fourth-order valence-electron chi connectivity index (χ4n) is 4.69. The molecule has 0 radical (unpaired) electrons. The molecule has 2 aromatic heterocycles. The number of sulfone groups is 1. The Hall–Kier alpha value is -1.43. The first-order valence-electron chi connectivity index (χ1n) is 10.7. The highest BCUT2D eigenvalue weighted by Gasteiger charge is 2.45. The Balaban J connectivity index is 1.42. The van der Waals surface area contributed by atoms with E-state index in [-0.39, 0.29) is 11.8 Å². The van der Waals surface area contributed by atoms with Crippen molar-refractivity contribution in [1.82, 2.24) is 14.7 Å². The lowest BCUT2D eigenvalue weighted by Crippen LogP contribution is -2.49. The third-order valence-corrected chi connectivity index (χ3v) is 8.50. The number of ether oxygens (including phenoxy) is 1. The summed E-state index contributed by atoms with van der Waals surface area (Å²) >= 11 is 1.26. The van der Waals surface area contributed by atoms with Crippen LogP contribution in [0.3, 0.4) is 0 Å². The number of hydrogen-bond donors (Lipinski definition) is 0. The summed E-state index contributed by atoms with van der Waals surface area (Å²) in [7, 11) is -3.04. The van der Waals surface area contributed by atoms with Gasteiger partial charge in [-0.1, -0.05) is 0 Å². The van der Waals surface area contributed by atoms with Crippen molar-refractivity contribution in [3.05, 3.63) is 39.3 Å². The summed E-state index contributed by atoms with van der Waals surface area (Å²) in [5.74, 6) is 0.0492. The fourth-order valence-corrected chi connectivity index (χ4v) is 6.63. The van der Waals surface area contributed by atoms with Crippen molar-refractivity contribution in [1.29, 1.82) is 0 Å². The molecule has 2 atom stereocenters. The zero-order valence-electron chi connectivity index (χ0n) is 18.2. The standard InChI is InChI=1S/C21H28F3N3O3S2/c1-15-10-20(19-17(3-7-30-20)9-18(31-19)11-21(22,23)24)4-5-26(15)13-16-12-25-27(14-16)6-8-32(2,28)29/h9,12,14-15H,3-8,10-11,13H2,1-2H3/t15-,20+/m0/s1. The number of fused-ring (bicyclic) bond motifs is 2. The molecule has 4 heterocycles. The van der Waals surface area contributed by atoms with Crippen LogP contribution in [0.15, 0.2) is 18.5 Å². The van der Waals surface area contributed by atoms with Gasteiger partial charge in [0.1, 0.15) is 15.4 Å². The molecule has 0 bridgehead atoms. The van der Waals surface area contributed by atoms with Gasteiger partial charge in [0.2, 0.25) is 0 Å². The van der Waals surface area contributed by atoms with E-state index >= 15 is 0 Å². The first kappa shape index (κ1) is 23.7. The van der Waals surface area contributed by atoms with Gasteiger partial charge >= 0.3 is 6.18 Å². The van der Waals surface area contributed by atoms with Crippen molar-refractivity contribution in [2.75, 3.05) is 25.2 Å². The molecule has 2 aromatic rings. The number of aromatic nitrogens is 2. The molecule has 11 heteroatoms. The predicted molar refractivity (Wildman–Crippen MR) is 116 cm³/mol. The summed E-state index contributed by atoms with van der Waals surface area (Å²) in [5, 5.41) is 4.27. The molecule has 2 aliphatic heterocycles. The van der Waals surface area contributed by atoms with Crippen molar-refractivity contribution in [2.45, 2.75) is 63.5 Å². The monoisotopic (exact) mass is 491 g/mol. The van der Waals surface area contributed by atoms with Gasteiger partial charge in [0, 0.05) is 46.9 Å². The van der Waals surface area contributed by atoms with Gasteiger partial charge in [0.15, 0.2) is 0 Å². The third-order valence-electron chi connectivity index (χ3n) is 6.21. The average molecular weight is 492 g/mol. The molecule has 0 aliphatic carbocycles. The Morgan fingerprint density at radius 1 is 1.38 bits per heavy atom. The second-order valence-corrected chi connectivity index (χ2v) is 12.4. The number of thiophene rings is 1. The molecule has 0 N–H and O–H groups in total. The minimum Gasteiger partial charge on any atom is -0.369 e. The molecule has 4 rings (SSSR count). The highest BCUT2D eigenvalue weighted by atomic mass is 32.2. The molecule has 0 amide bonds. The van der Waals surface area contributed by atoms with E-state index in [9.17, 15) is 21.6 Å². The van der Waals surface area contributed by atoms with Crippen LogP contribution in [0.1, 0.15) is 40.6 Å². The van der Waals surface area contributed by atoms with Crippen molar-refractivity contribution in [2.24, 2.45) is 0 Å². The Morgan fingerprint density at radius 3 is 2.84 bits per heavy atom. The van der Waals surface area contributed by atoms with Crippen LogP contribution in [-0.2, 0) is 46.1 Å². The SMILES string of the molecule is C[C@H]1C[C@@]2(CCN1Cc1cnn(CCS(C)(=O)=O)c1)OCCc1cc(CC(F)(F)F)sc12. The number of halogens is 3. The zero-order valence-corrected chi connectivity index (χ0v) is 19.8. The minimum absolute atomic E-state index is 0.0492. The van der Waals surface area contributed by atoms with Crippen molar-refractivity contribution in [3.63, 3.8) is 0 Å². The predicted octanol–water partition coefficient (Wildman–Crippen LogP) is 3.55. The maximum atomic E-state index is 12.9. The fraction of sp³-hybridized carbons (Fsp3) is 0.667. The van der Waals surface area contributed by atoms with Crippen LogP contribution in [0, 0.1) is 0 Å². The third kappa shape index (κ3) is 5.55. The number of nitrogens with zero attached hydrogens (tertiary/aromatic N) is 3. The van der Waals surface area contributed by atoms with Gasteiger partial charge in [0.05, 0.1) is 31.5 Å². The minimum atomic E-state index is -4.20. The van der Waals surface area contributed by atoms with Gasteiger partial charge in [-0.05, 0) is 37.8 Å². The van der Waals surface area contributed by atoms with Crippen LogP contribution in [0.4, 0.5) is 13.2 Å². The lowest BCUT2D eigenvalue weighted by Gasteiger charge is -2.47. The smallest absolute Gasteiger partial charge is 0.369 e. The van der Waals surface area contributed by atoms with Gasteiger partial charge in [0.25, 0.3) is 0 Å². The lowest BCUT2D eigenvalue weighted by molar-refractivity contribution is -0.126. The van der Waals surface area contributed by atoms with Gasteiger partial charge in [-0.3, -0.25) is 9.58 Å². The van der Waals surface area contributed by atoms with Gasteiger partial charge < -0.3 is 4.74 Å². The molecule has 32 heavy (non-hydrogen) atoms. The van der Waals surface area contributed by atoms with E-state index in [4.69, 9.17) is 4.74 Å². The molecule has 178 valence electrons. The quantitative estimate of drug-likeness (QED) is 0.619. The van der Waals surface area contributed by atoms with Crippen LogP contribution in [0.25, 0.3) is 0 Å². The van der Waals surface area contributed by atoms with Crippen LogP contribution in [0.5, 0.6) is 0 Å². The molecule has 6 nitrogen and oxygen atoms in total. The Bertz CT molecular complexity index is 1060. The van der Waals surface area contributed by atoms with Crippen molar-refractivity contribution in [3.8, 4) is 0 Å². The highest BCUT2D eigenvalue weighted by molar-refractivity contribution is 7.90. The van der Waals surface area contributed by atoms with Crippen LogP contribution >= 0.6 is 11.3 Å². The van der Waals surface area contributed by atoms with E-state index in [1.807, 2.05) is 6.20 Å². The summed E-state index contributed by atoms with van der Waals surface area (Å²) in [5.41, 5.74) is 1.51. The van der Waals surface area contributed by atoms with E-state index in [0.717, 1.165) is 35.4 Å². The van der Waals surface area contributed by atoms with Crippen LogP contribution < -0.4 is 0 Å². The van der Waals surface area contributed by atoms with Gasteiger partial charge in [-0.2, -0.15) is 18.3 Å². The molecule has 0 saturated carbocycles. The molecule has 1 spiro atoms. The first-order chi connectivity index (χ1) is 14.9. The highest BCUT2D eigenvalue weighted by Crippen LogP contribution is 2.47. The lowest BCUT2D eigenvalue weighted by atomic mass is 9.82. The van der Waals surface area contributed by atoms with E-state index in [0.29, 0.717) is 31.0 Å². The second kappa shape index (κ2) is 8.73. The van der Waals surface area contributed by atoms with E-state index in [2.05, 4.69) is 16.9 Å². The number of likely N-dealkylation sites (tertiary alicyclic amines) is 1. The van der Waals surface area contributed by atoms with Crippen molar-refractivity contribution >= 4 is 21.2 Å². The summed E-state index contributed by atoms with van der Waals surface area (Å²) in [6.07, 6.45) is 1.89. The Kier molecular flexibility index (Phi) is 6.47. The molecule has 1 saturated heterocycles. The van der Waals surface area contributed by atoms with Crippen LogP contribution in [-0.4, -0.2) is 60.5 Å². The van der Waals surface area contributed by atoms with E-state index in [1.165, 1.54) is 17.6 Å². The Labute approximate surface area is 190 Å². The zero-order chi connectivity index (χ0) is 23.1. The Morgan fingerprint density at radius 2 is 2.16 bits per heavy atom. The summed E-state index contributed by atoms with van der Waals surface area (Å²) < 4.78 is 69.3.